The van der Waals surface area contributed by atoms with Gasteiger partial charge in [-0.15, -0.1) is 0 Å². The summed E-state index contributed by atoms with van der Waals surface area (Å²) in [4.78, 5) is 71.3. The third-order valence-corrected chi connectivity index (χ3v) is 22.9. The number of carbonyl (C=O) groups excluding carboxylic acids is 3. The molecule has 0 spiro atoms. The molecule has 0 bridgehead atoms. The summed E-state index contributed by atoms with van der Waals surface area (Å²) < 4.78 is 25.6. The Bertz CT molecular complexity index is 4020. The van der Waals surface area contributed by atoms with Gasteiger partial charge >= 0.3 is 0 Å². The van der Waals surface area contributed by atoms with Crippen LogP contribution in [0.2, 0.25) is 0 Å². The molecule has 9 aromatic rings. The number of rotatable bonds is 20. The number of nitrogens with two attached hydrogens (primary N) is 3. The quantitative estimate of drug-likeness (QED) is 0.0474. The number of ether oxygens (including phenoxy) is 3. The van der Waals surface area contributed by atoms with Crippen molar-refractivity contribution in [3.63, 3.8) is 0 Å². The van der Waals surface area contributed by atoms with Crippen molar-refractivity contribution in [3.8, 4) is 17.2 Å². The van der Waals surface area contributed by atoms with E-state index in [1.165, 1.54) is 13.8 Å². The van der Waals surface area contributed by atoms with Crippen LogP contribution in [-0.4, -0.2) is 159 Å². The predicted molar refractivity (Wildman–Crippen MR) is 377 cm³/mol. The number of carbonyl (C=O) groups is 3. The second kappa shape index (κ2) is 31.8. The lowest BCUT2D eigenvalue weighted by atomic mass is 10.1. The van der Waals surface area contributed by atoms with Gasteiger partial charge in [0.1, 0.15) is 46.0 Å². The van der Waals surface area contributed by atoms with Gasteiger partial charge in [0.05, 0.1) is 37.9 Å². The normalized spacial score (nSPS) is 16.9. The number of aliphatic hydroxyl groups excluding tert-OH is 2. The number of fused-ring (bicyclic) bond motifs is 3. The van der Waals surface area contributed by atoms with Crippen molar-refractivity contribution < 1.29 is 38.8 Å². The molecule has 29 heteroatoms. The number of pyridine rings is 3. The Kier molecular flexibility index (Phi) is 23.7. The lowest BCUT2D eigenvalue weighted by Gasteiger charge is -2.18. The summed E-state index contributed by atoms with van der Waals surface area (Å²) in [5.74, 6) is 4.58. The molecule has 3 aliphatic heterocycles. The maximum absolute atomic E-state index is 12.1. The highest BCUT2D eigenvalue weighted by Gasteiger charge is 2.31. The summed E-state index contributed by atoms with van der Waals surface area (Å²) in [7, 11) is 4.95. The molecule has 0 saturated carbocycles. The molecule has 8 N–H and O–H groups in total. The number of hydrogen-bond donors (Lipinski definition) is 5. The highest BCUT2D eigenvalue weighted by atomic mass is 79.9. The van der Waals surface area contributed by atoms with Crippen LogP contribution in [0.15, 0.2) is 135 Å². The topological polar surface area (TPSA) is 299 Å². The Morgan fingerprint density at radius 1 is 0.511 bits per heavy atom. The third-order valence-electron chi connectivity index (χ3n) is 16.9. The maximum Gasteiger partial charge on any atom is 0.251 e. The van der Waals surface area contributed by atoms with Gasteiger partial charge in [0, 0.05) is 113 Å². The molecule has 3 saturated heterocycles. The first kappa shape index (κ1) is 70.0. The molecule has 3 unspecified atom stereocenters. The van der Waals surface area contributed by atoms with Crippen molar-refractivity contribution in [1.82, 2.24) is 58.3 Å². The van der Waals surface area contributed by atoms with Gasteiger partial charge < -0.3 is 70.0 Å². The molecule has 9 heterocycles. The number of imidazole rings is 3. The summed E-state index contributed by atoms with van der Waals surface area (Å²) in [6, 6.07) is 23.3. The zero-order valence-corrected chi connectivity index (χ0v) is 60.2. The van der Waals surface area contributed by atoms with E-state index >= 15 is 0 Å². The Balaban J connectivity index is 0.000000154. The van der Waals surface area contributed by atoms with Crippen LogP contribution in [0.1, 0.15) is 59.3 Å². The molecule has 5 atom stereocenters. The number of halogens is 3. The van der Waals surface area contributed by atoms with E-state index in [1.807, 2.05) is 77.7 Å². The van der Waals surface area contributed by atoms with Gasteiger partial charge in [0.15, 0.2) is 32.9 Å². The summed E-state index contributed by atoms with van der Waals surface area (Å²) >= 11 is 15.5. The highest BCUT2D eigenvalue weighted by molar-refractivity contribution is 9.11. The zero-order valence-electron chi connectivity index (χ0n) is 53.0. The first-order chi connectivity index (χ1) is 45.2. The molecule has 498 valence electrons. The number of amides is 3. The largest absolute Gasteiger partial charge is 0.497 e. The Labute approximate surface area is 583 Å². The van der Waals surface area contributed by atoms with Crippen LogP contribution >= 0.6 is 83.1 Å². The van der Waals surface area contributed by atoms with Crippen LogP contribution in [-0.2, 0) is 34.0 Å². The van der Waals surface area contributed by atoms with Gasteiger partial charge in [-0.2, -0.15) is 0 Å². The molecular weight excluding hydrogens is 1450 g/mol. The number of nitrogens with zero attached hydrogens (tertiary/aromatic N) is 12. The molecule has 6 aromatic heterocycles. The average Bonchev–Trinajstić information content (AvgIpc) is 1.65. The number of anilines is 3. The van der Waals surface area contributed by atoms with Crippen molar-refractivity contribution in [2.75, 3.05) is 77.8 Å². The smallest absolute Gasteiger partial charge is 0.251 e. The van der Waals surface area contributed by atoms with Crippen molar-refractivity contribution in [2.24, 2.45) is 17.8 Å². The van der Waals surface area contributed by atoms with Gasteiger partial charge in [0.25, 0.3) is 11.8 Å². The van der Waals surface area contributed by atoms with E-state index in [2.05, 4.69) is 76.4 Å². The van der Waals surface area contributed by atoms with E-state index in [0.29, 0.717) is 72.4 Å². The number of hydrogen-bond acceptors (Lipinski definition) is 20. The number of nitrogen functional groups attached to an aromatic ring is 3. The lowest BCUT2D eigenvalue weighted by molar-refractivity contribution is -0.138. The third kappa shape index (κ3) is 16.7. The molecule has 3 fully saturated rings. The fraction of sp³-hybridized carbons (Fsp3) is 0.400. The molecule has 0 aliphatic carbocycles. The molecule has 3 aliphatic rings. The number of aryl methyl sites for hydroxylation is 3. The second-order valence-electron chi connectivity index (χ2n) is 23.2. The summed E-state index contributed by atoms with van der Waals surface area (Å²) in [6.07, 6.45) is 8.88. The molecule has 23 nitrogen and oxygen atoms in total. The summed E-state index contributed by atoms with van der Waals surface area (Å²) in [6.45, 7) is 11.4. The first-order valence-electron chi connectivity index (χ1n) is 30.8. The average molecular weight is 1530 g/mol. The predicted octanol–water partition coefficient (Wildman–Crippen LogP) is 11.3. The molecule has 12 rings (SSSR count). The Hall–Kier alpha value is -6.86. The van der Waals surface area contributed by atoms with E-state index in [1.54, 1.807) is 91.9 Å². The van der Waals surface area contributed by atoms with E-state index < -0.39 is 12.2 Å². The van der Waals surface area contributed by atoms with Crippen LogP contribution in [0.25, 0.3) is 33.1 Å². The minimum atomic E-state index is -0.953. The summed E-state index contributed by atoms with van der Waals surface area (Å²) in [5, 5.41) is 21.7. The van der Waals surface area contributed by atoms with Gasteiger partial charge in [-0.3, -0.25) is 14.4 Å². The van der Waals surface area contributed by atoms with Crippen LogP contribution in [0.4, 0.5) is 17.5 Å². The van der Waals surface area contributed by atoms with E-state index in [0.717, 1.165) is 154 Å². The monoisotopic (exact) mass is 1530 g/mol. The van der Waals surface area contributed by atoms with Crippen molar-refractivity contribution in [2.45, 2.75) is 121 Å². The van der Waals surface area contributed by atoms with Crippen molar-refractivity contribution in [1.29, 1.82) is 0 Å². The second-order valence-corrected chi connectivity index (χ2v) is 28.8. The van der Waals surface area contributed by atoms with Crippen LogP contribution in [0.3, 0.4) is 0 Å². The van der Waals surface area contributed by atoms with E-state index in [4.69, 9.17) is 46.4 Å². The Morgan fingerprint density at radius 3 is 1.09 bits per heavy atom. The zero-order chi connectivity index (χ0) is 66.9. The maximum atomic E-state index is 12.1. The fourth-order valence-corrected chi connectivity index (χ4v) is 16.1. The molecule has 3 aromatic carbocycles. The number of likely N-dealkylation sites (tertiary alicyclic amines) is 3. The van der Waals surface area contributed by atoms with Crippen LogP contribution in [0.5, 0.6) is 17.2 Å². The SMILES string of the molecule is COc1ccc(Br)c(Sc2nc3c(N)nccc3n2CCC2CCN(C(=O)[C@@H](C)O)C2)c1.COc1ccc(Br)c(Sc2nc3c(N)nccc3n2CCC2CCN(C(=O)[C@H](C)O)C2)c1.COc1ccc(Br)c(Sc2nc3c(N)nccc3n2CCC2CCN(C(C)=O)C2)c1. The molecule has 0 radical (unpaired) electrons. The van der Waals surface area contributed by atoms with E-state index in [9.17, 15) is 24.6 Å². The lowest BCUT2D eigenvalue weighted by Crippen LogP contribution is -2.36. The molecule has 94 heavy (non-hydrogen) atoms. The number of aromatic nitrogens is 9. The minimum Gasteiger partial charge on any atom is -0.497 e. The fourth-order valence-electron chi connectivity index (χ4n) is 11.8. The number of methoxy groups -OCH3 is 3. The summed E-state index contributed by atoms with van der Waals surface area (Å²) in [5.41, 5.74) is 23.3. The van der Waals surface area contributed by atoms with Crippen molar-refractivity contribution >= 4 is 151 Å². The molecule has 3 amide bonds. The van der Waals surface area contributed by atoms with Gasteiger partial charge in [0.2, 0.25) is 5.91 Å². The van der Waals surface area contributed by atoms with Gasteiger partial charge in [-0.1, -0.05) is 35.3 Å². The highest BCUT2D eigenvalue weighted by Crippen LogP contribution is 2.42. The van der Waals surface area contributed by atoms with Crippen molar-refractivity contribution in [3.05, 3.63) is 105 Å². The van der Waals surface area contributed by atoms with E-state index in [-0.39, 0.29) is 17.7 Å². The Morgan fingerprint density at radius 2 is 0.809 bits per heavy atom. The molecular formula is C65H76Br3N15O8S3. The minimum absolute atomic E-state index is 0.156. The number of aliphatic hydroxyl groups is 2. The van der Waals surface area contributed by atoms with Gasteiger partial charge in [-0.05, 0) is 191 Å². The van der Waals surface area contributed by atoms with Crippen LogP contribution in [0, 0.1) is 17.8 Å². The standard InChI is InChI=1S/2C22H26BrN5O3S.C21H24BrN5O2S/c2*1-13(29)21(30)27-9-6-14(12-27)7-10-28-17-5-8-25-20(24)19(17)26-22(28)32-18-11-15(31-2)3-4-16(18)23;1-13(28)26-9-6-14(12-26)7-10-27-17-5-8-24-20(23)19(17)25-21(27)30-18-11-15(29-2)3-4-16(18)22/h2*3-5,8,11,13-14,29H,6-7,9-10,12H2,1-2H3,(H2,24,25);3-5,8,11,14H,6-7,9-10,12H2,1-2H3,(H2,23,24)/t2*13-,14?;/m10./s1. The van der Waals surface area contributed by atoms with Crippen LogP contribution < -0.4 is 31.4 Å². The van der Waals surface area contributed by atoms with Gasteiger partial charge in [-0.25, -0.2) is 29.9 Å². The first-order valence-corrected chi connectivity index (χ1v) is 35.6. The number of benzene rings is 3.